The van der Waals surface area contributed by atoms with E-state index < -0.39 is 0 Å². The summed E-state index contributed by atoms with van der Waals surface area (Å²) in [6.45, 7) is 0. The van der Waals surface area contributed by atoms with E-state index in [0.29, 0.717) is 0 Å². The first-order valence-electron chi connectivity index (χ1n) is 0.408. The third-order valence-electron chi connectivity index (χ3n) is 0. The summed E-state index contributed by atoms with van der Waals surface area (Å²) in [7, 11) is 1.72. The van der Waals surface area contributed by atoms with Crippen molar-refractivity contribution in [3.8, 4) is 0 Å². The van der Waals surface area contributed by atoms with Gasteiger partial charge in [-0.3, -0.25) is 0 Å². The van der Waals surface area contributed by atoms with Crippen molar-refractivity contribution >= 4 is 21.1 Å². The lowest BCUT2D eigenvalue weighted by Crippen LogP contribution is -0.969. The maximum atomic E-state index is 8.06. The molecule has 0 heterocycles. The molecular weight excluding hydrogens is 102 g/mol. The van der Waals surface area contributed by atoms with Gasteiger partial charge in [-0.1, -0.05) is 5.59 Å². The number of nitrogens with one attached hydrogen (secondary N) is 1. The summed E-state index contributed by atoms with van der Waals surface area (Å²) < 4.78 is 8.06. The topological polar surface area (TPSA) is 58.0 Å². The molecule has 0 atom stereocenters. The Kier molecular flexibility index (Phi) is 4710. The summed E-state index contributed by atoms with van der Waals surface area (Å²) in [4.78, 5) is 7.50. The van der Waals surface area contributed by atoms with Gasteiger partial charge in [-0.2, -0.15) is 4.91 Å². The Labute approximate surface area is 37.0 Å². The minimum absolute atomic E-state index is 0. The van der Waals surface area contributed by atoms with E-state index in [4.69, 9.17) is 9.37 Å². The molecule has 0 unspecified atom stereocenters. The normalized spacial score (nSPS) is 1.60. The molecule has 5 heavy (non-hydrogen) atoms. The first-order chi connectivity index (χ1) is 2.00. The summed E-state index contributed by atoms with van der Waals surface area (Å²) >= 11 is 0. The largest absolute Gasteiger partial charge is 0.381 e. The van der Waals surface area contributed by atoms with Crippen LogP contribution < -0.4 is 0 Å². The molecule has 0 aliphatic rings. The number of nitroso groups, excluding NO2 is 1. The third-order valence-corrected chi connectivity index (χ3v) is 0. The summed E-state index contributed by atoms with van der Waals surface area (Å²) in [5, 5.41) is 0. The highest BCUT2D eigenvalue weighted by Gasteiger charge is 0.803. The maximum Gasteiger partial charge on any atom is 0.381 e. The second-order valence-corrected chi connectivity index (χ2v) is 0. The maximum absolute atomic E-state index is 8.06. The Hall–Kier alpha value is -0.166. The van der Waals surface area contributed by atoms with Crippen molar-refractivity contribution in [2.45, 2.75) is 0 Å². The molecule has 0 spiro atoms. The molecule has 0 amide bonds. The molecular formula is HNO2Si2. The zero-order chi connectivity index (χ0) is 4.00. The van der Waals surface area contributed by atoms with E-state index in [1.807, 2.05) is 0 Å². The van der Waals surface area contributed by atoms with Crippen molar-refractivity contribution in [3.05, 3.63) is 4.91 Å². The summed E-state index contributed by atoms with van der Waals surface area (Å²) in [6.07, 6.45) is 0. The predicted octanol–water partition coefficient (Wildman–Crippen LogP) is -0.549. The molecule has 0 aromatic heterocycles. The van der Waals surface area contributed by atoms with E-state index in [-0.39, 0.29) is 11.0 Å². The quantitative estimate of drug-likeness (QED) is 0.330. The molecule has 0 aromatic carbocycles. The lowest BCUT2D eigenvalue weighted by Gasteiger charge is -0.827. The van der Waals surface area contributed by atoms with Crippen molar-refractivity contribution in [2.24, 2.45) is 0 Å². The monoisotopic (exact) mass is 103 g/mol. The van der Waals surface area contributed by atoms with E-state index in [1.165, 1.54) is 0 Å². The molecule has 1 N–H and O–H groups in total. The van der Waals surface area contributed by atoms with Crippen LogP contribution in [0.5, 0.6) is 0 Å². The zero-order valence-electron chi connectivity index (χ0n) is 2.32. The van der Waals surface area contributed by atoms with Crippen LogP contribution in [0.4, 0.5) is 0 Å². The van der Waals surface area contributed by atoms with Crippen LogP contribution in [0.3, 0.4) is 0 Å². The van der Waals surface area contributed by atoms with Crippen LogP contribution >= 0.6 is 0 Å². The fourth-order valence-electron chi connectivity index (χ4n) is 0. The average Bonchev–Trinajstić information content (AvgIpc) is 1.50. The van der Waals surface area contributed by atoms with Gasteiger partial charge in [0, 0.05) is 11.0 Å². The Morgan fingerprint density at radius 3 is 1.20 bits per heavy atom. The van der Waals surface area contributed by atoms with Gasteiger partial charge in [0.2, 0.25) is 0 Å². The number of hydrogen-bond donors (Lipinski definition) is 1. The number of hydrogen-bond acceptors (Lipinski definition) is 3. The second kappa shape index (κ2) is 1110. The third kappa shape index (κ3) is 467. The molecule has 0 aromatic rings. The summed E-state index contributed by atoms with van der Waals surface area (Å²) in [5.74, 6) is 0. The Balaban J connectivity index is -0.0000000133. The highest BCUT2D eigenvalue weighted by Crippen LogP contribution is 0.766. The molecule has 0 saturated carbocycles. The van der Waals surface area contributed by atoms with Gasteiger partial charge in [0.1, 0.15) is 0 Å². The smallest absolute Gasteiger partial charge is 0.381 e. The van der Waals surface area contributed by atoms with E-state index in [2.05, 4.69) is 5.59 Å². The molecule has 0 aliphatic carbocycles. The van der Waals surface area contributed by atoms with Gasteiger partial charge in [-0.05, 0) is 0 Å². The first-order valence-corrected chi connectivity index (χ1v) is 0.816. The van der Waals surface area contributed by atoms with Crippen molar-refractivity contribution in [1.82, 2.24) is 0 Å². The van der Waals surface area contributed by atoms with Gasteiger partial charge in [-0.15, -0.1) is 0 Å². The van der Waals surface area contributed by atoms with Crippen LogP contribution in [-0.2, 0) is 4.46 Å². The van der Waals surface area contributed by atoms with Gasteiger partial charge < -0.3 is 4.46 Å². The molecule has 0 aliphatic heterocycles. The van der Waals surface area contributed by atoms with E-state index >= 15 is 0 Å². The van der Waals surface area contributed by atoms with Gasteiger partial charge in [0.25, 0.3) is 0 Å². The minimum Gasteiger partial charge on any atom is -0.381 e. The number of rotatable bonds is 0. The Morgan fingerprint density at radius 2 is 1.20 bits per heavy atom. The fourth-order valence-corrected chi connectivity index (χ4v) is 0. The van der Waals surface area contributed by atoms with Crippen LogP contribution in [0, 0.1) is 10.5 Å². The van der Waals surface area contributed by atoms with E-state index in [0.717, 1.165) is 0 Å². The van der Waals surface area contributed by atoms with Crippen LogP contribution in [0.25, 0.3) is 0 Å². The Bertz CT molecular complexity index is 9.61. The van der Waals surface area contributed by atoms with Crippen LogP contribution in [0.1, 0.15) is 0 Å². The van der Waals surface area contributed by atoms with Crippen molar-refractivity contribution in [2.75, 3.05) is 0 Å². The zero-order valence-corrected chi connectivity index (χ0v) is 4.32. The lowest BCUT2D eigenvalue weighted by atomic mass is 13.8. The molecule has 26 valence electrons. The van der Waals surface area contributed by atoms with Crippen LogP contribution in [0.2, 0.25) is 0 Å². The van der Waals surface area contributed by atoms with E-state index in [1.54, 1.807) is 10.1 Å². The SMILES string of the molecule is N=O.O=[Si].[Si]. The van der Waals surface area contributed by atoms with E-state index in [9.17, 15) is 0 Å². The minimum atomic E-state index is 0. The average molecular weight is 103 g/mol. The molecule has 6 radical (unpaired) electrons. The van der Waals surface area contributed by atoms with Crippen LogP contribution in [0.15, 0.2) is 0 Å². The molecule has 3 nitrogen and oxygen atoms in total. The van der Waals surface area contributed by atoms with Crippen molar-refractivity contribution < 1.29 is 4.46 Å². The first kappa shape index (κ1) is 21.1. The standard InChI is InChI=1S/HNO.OSi.Si/c2*1-2;/h1H;;. The molecule has 0 saturated heterocycles. The fraction of sp³-hybridized carbons (Fsp3) is 0. The Morgan fingerprint density at radius 1 is 1.20 bits per heavy atom. The van der Waals surface area contributed by atoms with Crippen LogP contribution in [-0.4, -0.2) is 21.1 Å². The highest BCUT2D eigenvalue weighted by molar-refractivity contribution is 5.85. The molecule has 0 rings (SSSR count). The van der Waals surface area contributed by atoms with Gasteiger partial charge in [0.05, 0.1) is 0 Å². The van der Waals surface area contributed by atoms with Gasteiger partial charge in [0.15, 0.2) is 0 Å². The van der Waals surface area contributed by atoms with Crippen molar-refractivity contribution in [1.29, 1.82) is 5.59 Å². The van der Waals surface area contributed by atoms with Crippen molar-refractivity contribution in [3.63, 3.8) is 0 Å². The lowest BCUT2D eigenvalue weighted by molar-refractivity contribution is 0.590. The molecule has 0 fully saturated rings. The molecule has 0 bridgehead atoms. The summed E-state index contributed by atoms with van der Waals surface area (Å²) in [5.41, 5.74) is 4.50. The van der Waals surface area contributed by atoms with Gasteiger partial charge in [-0.25, -0.2) is 0 Å². The predicted molar refractivity (Wildman–Crippen MR) is 18.3 cm³/mol. The molecule has 5 heteroatoms. The highest BCUT2D eigenvalue weighted by atomic mass is 28.1. The second-order valence-electron chi connectivity index (χ2n) is 0. The van der Waals surface area contributed by atoms with Gasteiger partial charge >= 0.3 is 10.1 Å². The summed E-state index contributed by atoms with van der Waals surface area (Å²) in [6, 6.07) is 0.